The van der Waals surface area contributed by atoms with Crippen LogP contribution in [-0.4, -0.2) is 17.0 Å². The highest BCUT2D eigenvalue weighted by atomic mass is 16.1. The molecule has 0 aliphatic heterocycles. The standard InChI is InChI=1S/C19H28N2O/c1-14-12-17(10-11-19(22)20-13-16-8-9-16)15(2)21(14)18-6-4-3-5-7-18/h10-12,16,18H,3-9,13H2,1-2H3,(H,20,22)/b11-10+. The van der Waals surface area contributed by atoms with Gasteiger partial charge in [-0.25, -0.2) is 0 Å². The molecule has 3 nitrogen and oxygen atoms in total. The summed E-state index contributed by atoms with van der Waals surface area (Å²) in [4.78, 5) is 11.8. The summed E-state index contributed by atoms with van der Waals surface area (Å²) in [5, 5.41) is 2.99. The van der Waals surface area contributed by atoms with Crippen molar-refractivity contribution in [3.05, 3.63) is 29.1 Å². The Morgan fingerprint density at radius 1 is 1.23 bits per heavy atom. The molecule has 1 aromatic heterocycles. The van der Waals surface area contributed by atoms with Crippen LogP contribution < -0.4 is 5.32 Å². The minimum atomic E-state index is 0.0365. The minimum absolute atomic E-state index is 0.0365. The number of rotatable bonds is 5. The molecule has 1 heterocycles. The lowest BCUT2D eigenvalue weighted by Gasteiger charge is -2.26. The third kappa shape index (κ3) is 3.63. The van der Waals surface area contributed by atoms with E-state index in [1.165, 1.54) is 61.9 Å². The Morgan fingerprint density at radius 2 is 1.95 bits per heavy atom. The lowest BCUT2D eigenvalue weighted by atomic mass is 9.95. The molecule has 2 saturated carbocycles. The van der Waals surface area contributed by atoms with Crippen molar-refractivity contribution >= 4 is 12.0 Å². The summed E-state index contributed by atoms with van der Waals surface area (Å²) in [5.41, 5.74) is 3.81. The topological polar surface area (TPSA) is 34.0 Å². The Labute approximate surface area is 133 Å². The first kappa shape index (κ1) is 15.4. The third-order valence-corrected chi connectivity index (χ3v) is 5.14. The van der Waals surface area contributed by atoms with Crippen LogP contribution in [0.4, 0.5) is 0 Å². The van der Waals surface area contributed by atoms with Gasteiger partial charge in [0.2, 0.25) is 5.91 Å². The average Bonchev–Trinajstić information content (AvgIpc) is 3.30. The van der Waals surface area contributed by atoms with Crippen molar-refractivity contribution in [3.8, 4) is 0 Å². The molecule has 0 radical (unpaired) electrons. The number of aromatic nitrogens is 1. The summed E-state index contributed by atoms with van der Waals surface area (Å²) in [5.74, 6) is 0.767. The van der Waals surface area contributed by atoms with E-state index in [0.717, 1.165) is 12.5 Å². The molecule has 1 N–H and O–H groups in total. The van der Waals surface area contributed by atoms with E-state index in [1.54, 1.807) is 6.08 Å². The monoisotopic (exact) mass is 300 g/mol. The van der Waals surface area contributed by atoms with Crippen LogP contribution in [0.5, 0.6) is 0 Å². The smallest absolute Gasteiger partial charge is 0.244 e. The first-order chi connectivity index (χ1) is 10.6. The van der Waals surface area contributed by atoms with Crippen LogP contribution in [0.2, 0.25) is 0 Å². The molecular weight excluding hydrogens is 272 g/mol. The minimum Gasteiger partial charge on any atom is -0.352 e. The van der Waals surface area contributed by atoms with Crippen molar-refractivity contribution in [2.24, 2.45) is 5.92 Å². The Bertz CT molecular complexity index is 560. The zero-order valence-electron chi connectivity index (χ0n) is 13.9. The highest BCUT2D eigenvalue weighted by molar-refractivity contribution is 5.91. The molecule has 3 rings (SSSR count). The highest BCUT2D eigenvalue weighted by Crippen LogP contribution is 2.32. The maximum absolute atomic E-state index is 11.8. The quantitative estimate of drug-likeness (QED) is 0.814. The van der Waals surface area contributed by atoms with Gasteiger partial charge >= 0.3 is 0 Å². The van der Waals surface area contributed by atoms with Crippen LogP contribution in [0.3, 0.4) is 0 Å². The molecule has 2 aliphatic carbocycles. The molecule has 2 aliphatic rings. The Morgan fingerprint density at radius 3 is 2.64 bits per heavy atom. The van der Waals surface area contributed by atoms with Crippen LogP contribution in [0, 0.1) is 19.8 Å². The largest absolute Gasteiger partial charge is 0.352 e. The van der Waals surface area contributed by atoms with E-state index in [2.05, 4.69) is 29.8 Å². The second-order valence-electron chi connectivity index (χ2n) is 7.01. The summed E-state index contributed by atoms with van der Waals surface area (Å²) in [6, 6.07) is 2.87. The fourth-order valence-electron chi connectivity index (χ4n) is 3.66. The predicted molar refractivity (Wildman–Crippen MR) is 90.8 cm³/mol. The Balaban J connectivity index is 1.66. The molecule has 3 heteroatoms. The van der Waals surface area contributed by atoms with Gasteiger partial charge in [0.05, 0.1) is 0 Å². The van der Waals surface area contributed by atoms with Gasteiger partial charge in [-0.15, -0.1) is 0 Å². The Kier molecular flexibility index (Phi) is 4.70. The second kappa shape index (κ2) is 6.72. The normalized spacial score (nSPS) is 19.7. The van der Waals surface area contributed by atoms with Gasteiger partial charge < -0.3 is 9.88 Å². The molecule has 1 aromatic rings. The predicted octanol–water partition coefficient (Wildman–Crippen LogP) is 4.15. The fraction of sp³-hybridized carbons (Fsp3) is 0.632. The van der Waals surface area contributed by atoms with Crippen molar-refractivity contribution in [1.82, 2.24) is 9.88 Å². The maximum atomic E-state index is 11.8. The number of nitrogens with one attached hydrogen (secondary N) is 1. The van der Waals surface area contributed by atoms with Gasteiger partial charge in [0.15, 0.2) is 0 Å². The van der Waals surface area contributed by atoms with E-state index in [1.807, 2.05) is 6.08 Å². The van der Waals surface area contributed by atoms with Crippen LogP contribution in [-0.2, 0) is 4.79 Å². The van der Waals surface area contributed by atoms with E-state index >= 15 is 0 Å². The molecule has 120 valence electrons. The van der Waals surface area contributed by atoms with Crippen molar-refractivity contribution in [1.29, 1.82) is 0 Å². The zero-order valence-corrected chi connectivity index (χ0v) is 13.9. The molecular formula is C19H28N2O. The van der Waals surface area contributed by atoms with Gasteiger partial charge in [-0.2, -0.15) is 0 Å². The van der Waals surface area contributed by atoms with E-state index < -0.39 is 0 Å². The van der Waals surface area contributed by atoms with Crippen molar-refractivity contribution in [3.63, 3.8) is 0 Å². The summed E-state index contributed by atoms with van der Waals surface area (Å²) >= 11 is 0. The van der Waals surface area contributed by atoms with Crippen LogP contribution in [0.25, 0.3) is 6.08 Å². The SMILES string of the molecule is Cc1cc(/C=C/C(=O)NCC2CC2)c(C)n1C1CCCCC1. The van der Waals surface area contributed by atoms with E-state index in [4.69, 9.17) is 0 Å². The summed E-state index contributed by atoms with van der Waals surface area (Å²) < 4.78 is 2.49. The van der Waals surface area contributed by atoms with Crippen LogP contribution in [0.1, 0.15) is 67.9 Å². The van der Waals surface area contributed by atoms with Crippen molar-refractivity contribution < 1.29 is 4.79 Å². The van der Waals surface area contributed by atoms with Gasteiger partial charge in [0.25, 0.3) is 0 Å². The van der Waals surface area contributed by atoms with Crippen LogP contribution >= 0.6 is 0 Å². The average molecular weight is 300 g/mol. The number of carbonyl (C=O) groups is 1. The highest BCUT2D eigenvalue weighted by Gasteiger charge is 2.21. The van der Waals surface area contributed by atoms with Gasteiger partial charge in [0, 0.05) is 30.1 Å². The van der Waals surface area contributed by atoms with Gasteiger partial charge in [-0.1, -0.05) is 19.3 Å². The molecule has 0 saturated heterocycles. The third-order valence-electron chi connectivity index (χ3n) is 5.14. The van der Waals surface area contributed by atoms with Crippen molar-refractivity contribution in [2.75, 3.05) is 6.54 Å². The summed E-state index contributed by atoms with van der Waals surface area (Å²) in [6.07, 6.45) is 12.9. The lowest BCUT2D eigenvalue weighted by molar-refractivity contribution is -0.116. The van der Waals surface area contributed by atoms with E-state index in [0.29, 0.717) is 6.04 Å². The number of hydrogen-bond donors (Lipinski definition) is 1. The first-order valence-corrected chi connectivity index (χ1v) is 8.79. The fourth-order valence-corrected chi connectivity index (χ4v) is 3.66. The molecule has 0 bridgehead atoms. The number of amides is 1. The van der Waals surface area contributed by atoms with Crippen molar-refractivity contribution in [2.45, 2.75) is 64.8 Å². The molecule has 0 aromatic carbocycles. The number of carbonyl (C=O) groups excluding carboxylic acids is 1. The molecule has 2 fully saturated rings. The van der Waals surface area contributed by atoms with Gasteiger partial charge in [-0.3, -0.25) is 4.79 Å². The Hall–Kier alpha value is -1.51. The number of nitrogens with zero attached hydrogens (tertiary/aromatic N) is 1. The van der Waals surface area contributed by atoms with Gasteiger partial charge in [-0.05, 0) is 63.2 Å². The van der Waals surface area contributed by atoms with E-state index in [-0.39, 0.29) is 5.91 Å². The first-order valence-electron chi connectivity index (χ1n) is 8.79. The molecule has 0 atom stereocenters. The molecule has 1 amide bonds. The number of hydrogen-bond acceptors (Lipinski definition) is 1. The molecule has 0 spiro atoms. The molecule has 0 unspecified atom stereocenters. The summed E-state index contributed by atoms with van der Waals surface area (Å²) in [7, 11) is 0. The lowest BCUT2D eigenvalue weighted by Crippen LogP contribution is -2.23. The van der Waals surface area contributed by atoms with Crippen LogP contribution in [0.15, 0.2) is 12.1 Å². The van der Waals surface area contributed by atoms with E-state index in [9.17, 15) is 4.79 Å². The molecule has 22 heavy (non-hydrogen) atoms. The maximum Gasteiger partial charge on any atom is 0.244 e. The van der Waals surface area contributed by atoms with Gasteiger partial charge in [0.1, 0.15) is 0 Å². The number of aryl methyl sites for hydroxylation is 1. The summed E-state index contributed by atoms with van der Waals surface area (Å²) in [6.45, 7) is 5.21. The zero-order chi connectivity index (χ0) is 15.5. The second-order valence-corrected chi connectivity index (χ2v) is 7.01.